The third kappa shape index (κ3) is 3.73. The molecule has 1 atom stereocenters. The van der Waals surface area contributed by atoms with Gasteiger partial charge < -0.3 is 4.74 Å². The number of ketones is 1. The summed E-state index contributed by atoms with van der Waals surface area (Å²) in [6.07, 6.45) is 0.929. The average molecular weight is 358 g/mol. The minimum absolute atomic E-state index is 0.145. The molecule has 1 aliphatic heterocycles. The number of likely N-dealkylation sites (N-methyl/N-ethyl adjacent to an activating group) is 1. The molecule has 118 valence electrons. The van der Waals surface area contributed by atoms with E-state index in [4.69, 9.17) is 4.74 Å². The Balaban J connectivity index is 2.10. The van der Waals surface area contributed by atoms with Crippen LogP contribution in [0.25, 0.3) is 0 Å². The minimum atomic E-state index is -0.309. The Morgan fingerprint density at radius 1 is 1.38 bits per heavy atom. The second-order valence-corrected chi connectivity index (χ2v) is 6.07. The molecule has 5 nitrogen and oxygen atoms in total. The highest BCUT2D eigenvalue weighted by molar-refractivity contribution is 9.10. The number of carbonyl (C=O) groups excluding carboxylic acids is 1. The van der Waals surface area contributed by atoms with E-state index in [-0.39, 0.29) is 11.9 Å². The molecule has 1 saturated heterocycles. The van der Waals surface area contributed by atoms with Crippen LogP contribution in [0.2, 0.25) is 0 Å². The van der Waals surface area contributed by atoms with E-state index in [1.807, 2.05) is 11.6 Å². The number of ether oxygens (including phenoxy) is 1. The van der Waals surface area contributed by atoms with Crippen molar-refractivity contribution in [3.63, 3.8) is 0 Å². The molecule has 0 aliphatic carbocycles. The van der Waals surface area contributed by atoms with Gasteiger partial charge in [-0.1, -0.05) is 13.8 Å². The van der Waals surface area contributed by atoms with Crippen LogP contribution < -0.4 is 0 Å². The van der Waals surface area contributed by atoms with Crippen molar-refractivity contribution in [1.29, 1.82) is 0 Å². The van der Waals surface area contributed by atoms with Gasteiger partial charge in [0.1, 0.15) is 6.10 Å². The molecular formula is C15H24BrN3O2. The van der Waals surface area contributed by atoms with Gasteiger partial charge in [0, 0.05) is 19.6 Å². The van der Waals surface area contributed by atoms with Gasteiger partial charge in [-0.25, -0.2) is 0 Å². The Bertz CT molecular complexity index is 501. The number of halogens is 1. The van der Waals surface area contributed by atoms with Crippen LogP contribution in [-0.2, 0) is 28.9 Å². The van der Waals surface area contributed by atoms with E-state index in [1.54, 1.807) is 0 Å². The number of nitrogens with zero attached hydrogens (tertiary/aromatic N) is 3. The van der Waals surface area contributed by atoms with E-state index in [0.29, 0.717) is 19.6 Å². The van der Waals surface area contributed by atoms with Crippen molar-refractivity contribution >= 4 is 21.7 Å². The van der Waals surface area contributed by atoms with Crippen molar-refractivity contribution in [3.8, 4) is 0 Å². The monoisotopic (exact) mass is 357 g/mol. The van der Waals surface area contributed by atoms with Crippen molar-refractivity contribution in [3.05, 3.63) is 15.9 Å². The van der Waals surface area contributed by atoms with Crippen LogP contribution in [0.15, 0.2) is 4.47 Å². The van der Waals surface area contributed by atoms with Crippen LogP contribution in [0.3, 0.4) is 0 Å². The first kappa shape index (κ1) is 16.6. The highest BCUT2D eigenvalue weighted by Gasteiger charge is 2.27. The smallest absolute Gasteiger partial charge is 0.168 e. The first-order chi connectivity index (χ1) is 10.1. The molecule has 0 bridgehead atoms. The van der Waals surface area contributed by atoms with E-state index in [0.717, 1.165) is 41.9 Å². The Hall–Kier alpha value is -0.720. The molecule has 21 heavy (non-hydrogen) atoms. The zero-order valence-corrected chi connectivity index (χ0v) is 14.6. The number of hydrogen-bond donors (Lipinski definition) is 0. The first-order valence-electron chi connectivity index (χ1n) is 7.71. The molecule has 1 unspecified atom stereocenters. The van der Waals surface area contributed by atoms with Crippen molar-refractivity contribution in [2.75, 3.05) is 26.2 Å². The Labute approximate surface area is 134 Å². The second kappa shape index (κ2) is 7.51. The van der Waals surface area contributed by atoms with Crippen molar-refractivity contribution in [2.45, 2.75) is 46.3 Å². The molecule has 0 N–H and O–H groups in total. The van der Waals surface area contributed by atoms with Crippen LogP contribution in [0, 0.1) is 0 Å². The molecule has 0 spiro atoms. The maximum Gasteiger partial charge on any atom is 0.168 e. The predicted octanol–water partition coefficient (Wildman–Crippen LogP) is 2.06. The molecule has 1 aromatic rings. The van der Waals surface area contributed by atoms with Crippen molar-refractivity contribution in [1.82, 2.24) is 14.7 Å². The van der Waals surface area contributed by atoms with Crippen LogP contribution >= 0.6 is 15.9 Å². The predicted molar refractivity (Wildman–Crippen MR) is 85.5 cm³/mol. The SMILES string of the molecule is CCc1nn(CC)c(CC(=O)C2CN(CC)CCO2)c1Br. The summed E-state index contributed by atoms with van der Waals surface area (Å²) < 4.78 is 8.55. The van der Waals surface area contributed by atoms with Gasteiger partial charge in [0.05, 0.1) is 28.9 Å². The lowest BCUT2D eigenvalue weighted by atomic mass is 10.1. The Kier molecular flexibility index (Phi) is 5.96. The maximum atomic E-state index is 12.5. The second-order valence-electron chi connectivity index (χ2n) is 5.27. The quantitative estimate of drug-likeness (QED) is 0.781. The molecule has 1 aromatic heterocycles. The van der Waals surface area contributed by atoms with Gasteiger partial charge >= 0.3 is 0 Å². The van der Waals surface area contributed by atoms with Crippen LogP contribution in [-0.4, -0.2) is 52.8 Å². The third-order valence-electron chi connectivity index (χ3n) is 3.99. The molecule has 1 aliphatic rings. The Morgan fingerprint density at radius 2 is 2.14 bits per heavy atom. The van der Waals surface area contributed by atoms with Gasteiger partial charge in [0.15, 0.2) is 5.78 Å². The highest BCUT2D eigenvalue weighted by atomic mass is 79.9. The third-order valence-corrected chi connectivity index (χ3v) is 4.91. The zero-order valence-electron chi connectivity index (χ0n) is 13.1. The number of carbonyl (C=O) groups is 1. The van der Waals surface area contributed by atoms with E-state index >= 15 is 0 Å². The van der Waals surface area contributed by atoms with Crippen LogP contribution in [0.1, 0.15) is 32.2 Å². The topological polar surface area (TPSA) is 47.4 Å². The molecule has 0 aromatic carbocycles. The molecule has 2 rings (SSSR count). The number of Topliss-reactive ketones (excluding diaryl/α,β-unsaturated/α-hetero) is 1. The van der Waals surface area contributed by atoms with Gasteiger partial charge in [0.25, 0.3) is 0 Å². The summed E-state index contributed by atoms with van der Waals surface area (Å²) in [7, 11) is 0. The summed E-state index contributed by atoms with van der Waals surface area (Å²) in [6.45, 7) is 10.2. The summed E-state index contributed by atoms with van der Waals surface area (Å²) in [5.74, 6) is 0.145. The Morgan fingerprint density at radius 3 is 2.76 bits per heavy atom. The van der Waals surface area contributed by atoms with Gasteiger partial charge in [-0.2, -0.15) is 5.10 Å². The summed E-state index contributed by atoms with van der Waals surface area (Å²) in [5.41, 5.74) is 1.98. The standard InChI is InChI=1S/C15H24BrN3O2/c1-4-11-15(16)12(19(6-3)17-11)9-13(20)14-10-18(5-2)7-8-21-14/h14H,4-10H2,1-3H3. The number of hydrogen-bond acceptors (Lipinski definition) is 4. The van der Waals surface area contributed by atoms with Crippen molar-refractivity contribution < 1.29 is 9.53 Å². The number of aryl methyl sites for hydroxylation is 2. The summed E-state index contributed by atoms with van der Waals surface area (Å²) in [5, 5.41) is 4.54. The van der Waals surface area contributed by atoms with E-state index < -0.39 is 0 Å². The fraction of sp³-hybridized carbons (Fsp3) is 0.733. The van der Waals surface area contributed by atoms with E-state index in [1.165, 1.54) is 0 Å². The van der Waals surface area contributed by atoms with Gasteiger partial charge in [0.2, 0.25) is 0 Å². The van der Waals surface area contributed by atoms with Gasteiger partial charge in [-0.05, 0) is 35.8 Å². The van der Waals surface area contributed by atoms with Crippen LogP contribution in [0.4, 0.5) is 0 Å². The average Bonchev–Trinajstić information content (AvgIpc) is 2.83. The molecular weight excluding hydrogens is 334 g/mol. The first-order valence-corrected chi connectivity index (χ1v) is 8.50. The number of morpholine rings is 1. The summed E-state index contributed by atoms with van der Waals surface area (Å²) in [6, 6.07) is 0. The molecule has 1 fully saturated rings. The molecule has 2 heterocycles. The zero-order chi connectivity index (χ0) is 15.4. The van der Waals surface area contributed by atoms with Crippen molar-refractivity contribution in [2.24, 2.45) is 0 Å². The number of rotatable bonds is 6. The normalized spacial score (nSPS) is 19.9. The largest absolute Gasteiger partial charge is 0.368 e. The highest BCUT2D eigenvalue weighted by Crippen LogP contribution is 2.23. The van der Waals surface area contributed by atoms with E-state index in [9.17, 15) is 4.79 Å². The number of aromatic nitrogens is 2. The molecule has 0 amide bonds. The summed E-state index contributed by atoms with van der Waals surface area (Å²) in [4.78, 5) is 14.8. The minimum Gasteiger partial charge on any atom is -0.368 e. The summed E-state index contributed by atoms with van der Waals surface area (Å²) >= 11 is 3.59. The molecule has 0 radical (unpaired) electrons. The van der Waals surface area contributed by atoms with E-state index in [2.05, 4.69) is 39.8 Å². The maximum absolute atomic E-state index is 12.5. The lowest BCUT2D eigenvalue weighted by Crippen LogP contribution is -2.46. The molecule has 0 saturated carbocycles. The van der Waals surface area contributed by atoms with Gasteiger partial charge in [-0.15, -0.1) is 0 Å². The molecule has 6 heteroatoms. The van der Waals surface area contributed by atoms with Gasteiger partial charge in [-0.3, -0.25) is 14.4 Å². The van der Waals surface area contributed by atoms with Crippen LogP contribution in [0.5, 0.6) is 0 Å². The lowest BCUT2D eigenvalue weighted by Gasteiger charge is -2.31. The fourth-order valence-corrected chi connectivity index (χ4v) is 3.35. The lowest BCUT2D eigenvalue weighted by molar-refractivity contribution is -0.135. The fourth-order valence-electron chi connectivity index (χ4n) is 2.65.